The highest BCUT2D eigenvalue weighted by atomic mass is 35.5. The van der Waals surface area contributed by atoms with Crippen molar-refractivity contribution in [2.45, 2.75) is 44.8 Å². The molecule has 39 heavy (non-hydrogen) atoms. The third-order valence-corrected chi connectivity index (χ3v) is 6.98. The summed E-state index contributed by atoms with van der Waals surface area (Å²) in [6.45, 7) is 2.68. The van der Waals surface area contributed by atoms with Gasteiger partial charge in [0.1, 0.15) is 11.3 Å². The van der Waals surface area contributed by atoms with E-state index in [1.807, 2.05) is 0 Å². The molecule has 4 aromatic rings. The minimum atomic E-state index is -4.61. The van der Waals surface area contributed by atoms with Gasteiger partial charge in [-0.3, -0.25) is 14.5 Å². The summed E-state index contributed by atoms with van der Waals surface area (Å²) < 4.78 is 52.3. The smallest absolute Gasteiger partial charge is 0.416 e. The molecule has 9 heteroatoms. The van der Waals surface area contributed by atoms with E-state index < -0.39 is 29.1 Å². The molecule has 1 unspecified atom stereocenters. The van der Waals surface area contributed by atoms with Gasteiger partial charge in [-0.2, -0.15) is 13.2 Å². The summed E-state index contributed by atoms with van der Waals surface area (Å²) in [4.78, 5) is 28.5. The van der Waals surface area contributed by atoms with Crippen molar-refractivity contribution in [1.82, 2.24) is 0 Å². The third-order valence-electron chi connectivity index (χ3n) is 6.75. The van der Waals surface area contributed by atoms with Crippen molar-refractivity contribution in [3.05, 3.63) is 104 Å². The highest BCUT2D eigenvalue weighted by Gasteiger charge is 2.44. The first-order valence-electron chi connectivity index (χ1n) is 12.7. The number of halogens is 4. The first kappa shape index (κ1) is 26.8. The largest absolute Gasteiger partial charge is 0.494 e. The maximum atomic E-state index is 13.7. The second kappa shape index (κ2) is 10.8. The van der Waals surface area contributed by atoms with Crippen LogP contribution in [0.25, 0.3) is 11.0 Å². The molecule has 3 aromatic carbocycles. The molecule has 5 rings (SSSR count). The Bertz CT molecular complexity index is 1580. The number of rotatable bonds is 8. The number of fused-ring (bicyclic) bond motifs is 2. The van der Waals surface area contributed by atoms with Crippen LogP contribution >= 0.6 is 11.6 Å². The molecule has 0 aliphatic carbocycles. The van der Waals surface area contributed by atoms with Crippen LogP contribution in [0.3, 0.4) is 0 Å². The summed E-state index contributed by atoms with van der Waals surface area (Å²) in [6, 6.07) is 14.8. The predicted molar refractivity (Wildman–Crippen MR) is 144 cm³/mol. The van der Waals surface area contributed by atoms with Crippen LogP contribution in [0.2, 0.25) is 5.02 Å². The van der Waals surface area contributed by atoms with Crippen molar-refractivity contribution >= 4 is 34.2 Å². The fraction of sp³-hybridized carbons (Fsp3) is 0.267. The van der Waals surface area contributed by atoms with E-state index in [1.165, 1.54) is 35.2 Å². The Morgan fingerprint density at radius 3 is 2.46 bits per heavy atom. The maximum Gasteiger partial charge on any atom is 0.416 e. The Hall–Kier alpha value is -3.78. The fourth-order valence-corrected chi connectivity index (χ4v) is 5.00. The van der Waals surface area contributed by atoms with Gasteiger partial charge in [0.25, 0.3) is 5.91 Å². The summed E-state index contributed by atoms with van der Waals surface area (Å²) >= 11 is 6.12. The normalized spacial score (nSPS) is 15.2. The van der Waals surface area contributed by atoms with Gasteiger partial charge in [-0.15, -0.1) is 0 Å². The molecule has 202 valence electrons. The van der Waals surface area contributed by atoms with Gasteiger partial charge in [-0.05, 0) is 60.5 Å². The Balaban J connectivity index is 1.60. The lowest BCUT2D eigenvalue weighted by Crippen LogP contribution is -2.29. The van der Waals surface area contributed by atoms with Gasteiger partial charge in [-0.1, -0.05) is 56.0 Å². The number of alkyl halides is 3. The molecule has 1 aliphatic heterocycles. The van der Waals surface area contributed by atoms with Crippen molar-refractivity contribution < 1.29 is 27.1 Å². The zero-order valence-corrected chi connectivity index (χ0v) is 21.8. The van der Waals surface area contributed by atoms with E-state index in [0.29, 0.717) is 22.9 Å². The summed E-state index contributed by atoms with van der Waals surface area (Å²) in [5.41, 5.74) is -0.674. The Kier molecular flexibility index (Phi) is 7.40. The number of carbonyl (C=O) groups is 1. The van der Waals surface area contributed by atoms with Crippen molar-refractivity contribution in [2.24, 2.45) is 0 Å². The second-order valence-electron chi connectivity index (χ2n) is 9.42. The number of hydrogen-bond donors (Lipinski definition) is 0. The first-order valence-corrected chi connectivity index (χ1v) is 13.1. The number of ether oxygens (including phenoxy) is 1. The third kappa shape index (κ3) is 5.26. The fourth-order valence-electron chi connectivity index (χ4n) is 4.82. The number of anilines is 1. The highest BCUT2D eigenvalue weighted by Crippen LogP contribution is 2.43. The lowest BCUT2D eigenvalue weighted by Gasteiger charge is -2.26. The molecule has 0 N–H and O–H groups in total. The van der Waals surface area contributed by atoms with Gasteiger partial charge < -0.3 is 9.15 Å². The molecule has 0 radical (unpaired) electrons. The molecule has 0 saturated heterocycles. The first-order chi connectivity index (χ1) is 18.7. The van der Waals surface area contributed by atoms with Crippen molar-refractivity contribution in [1.29, 1.82) is 0 Å². The number of amides is 1. The van der Waals surface area contributed by atoms with E-state index in [-0.39, 0.29) is 28.0 Å². The number of benzene rings is 3. The number of hydrogen-bond acceptors (Lipinski definition) is 4. The zero-order valence-electron chi connectivity index (χ0n) is 21.1. The minimum Gasteiger partial charge on any atom is -0.494 e. The molecular weight excluding hydrogens is 531 g/mol. The van der Waals surface area contributed by atoms with Crippen LogP contribution < -0.4 is 15.1 Å². The minimum absolute atomic E-state index is 0.0102. The van der Waals surface area contributed by atoms with Crippen LogP contribution in [-0.2, 0) is 6.18 Å². The SMILES string of the molecule is CCCCCCOc1ccc(C2c3c(oc4ccc(Cl)cc4c3=O)C(=O)N2c2cccc(C(F)(F)F)c2)cc1. The molecule has 0 bridgehead atoms. The van der Waals surface area contributed by atoms with Crippen LogP contribution in [0.4, 0.5) is 18.9 Å². The Labute approximate surface area is 227 Å². The quantitative estimate of drug-likeness (QED) is 0.206. The molecule has 0 saturated carbocycles. The van der Waals surface area contributed by atoms with Crippen molar-refractivity contribution in [3.8, 4) is 5.75 Å². The average Bonchev–Trinajstić information content (AvgIpc) is 3.21. The molecule has 1 aromatic heterocycles. The Morgan fingerprint density at radius 1 is 0.974 bits per heavy atom. The molecule has 5 nitrogen and oxygen atoms in total. The standard InChI is InChI=1S/C30H25ClF3NO4/c1-2-3-4-5-15-38-22-12-9-18(10-13-22)26-25-27(36)23-17-20(31)11-14-24(23)39-28(25)29(37)35(26)21-8-6-7-19(16-21)30(32,33)34/h6-14,16-17,26H,2-5,15H2,1H3. The number of carbonyl (C=O) groups excluding carboxylic acids is 1. The van der Waals surface area contributed by atoms with Crippen LogP contribution in [0.15, 0.2) is 75.9 Å². The predicted octanol–water partition coefficient (Wildman–Crippen LogP) is 8.17. The molecule has 1 atom stereocenters. The van der Waals surface area contributed by atoms with Gasteiger partial charge in [0.15, 0.2) is 5.43 Å². The van der Waals surface area contributed by atoms with E-state index in [2.05, 4.69) is 6.92 Å². The molecule has 0 fully saturated rings. The van der Waals surface area contributed by atoms with E-state index in [1.54, 1.807) is 24.3 Å². The van der Waals surface area contributed by atoms with Gasteiger partial charge in [0, 0.05) is 10.7 Å². The van der Waals surface area contributed by atoms with Crippen LogP contribution in [0.1, 0.15) is 65.9 Å². The van der Waals surface area contributed by atoms with Crippen LogP contribution in [-0.4, -0.2) is 12.5 Å². The summed E-state index contributed by atoms with van der Waals surface area (Å²) in [5.74, 6) is -0.309. The van der Waals surface area contributed by atoms with Crippen molar-refractivity contribution in [2.75, 3.05) is 11.5 Å². The highest BCUT2D eigenvalue weighted by molar-refractivity contribution is 6.31. The number of unbranched alkanes of at least 4 members (excludes halogenated alkanes) is 3. The van der Waals surface area contributed by atoms with Gasteiger partial charge in [0.05, 0.1) is 29.2 Å². The molecular formula is C30H25ClF3NO4. The molecule has 0 spiro atoms. The second-order valence-corrected chi connectivity index (χ2v) is 9.85. The summed E-state index contributed by atoms with van der Waals surface area (Å²) in [6.07, 6.45) is -0.383. The van der Waals surface area contributed by atoms with Crippen LogP contribution in [0.5, 0.6) is 5.75 Å². The van der Waals surface area contributed by atoms with Gasteiger partial charge in [0.2, 0.25) is 5.76 Å². The maximum absolute atomic E-state index is 13.7. The monoisotopic (exact) mass is 555 g/mol. The average molecular weight is 556 g/mol. The van der Waals surface area contributed by atoms with E-state index in [9.17, 15) is 22.8 Å². The Morgan fingerprint density at radius 2 is 1.74 bits per heavy atom. The molecule has 2 heterocycles. The van der Waals surface area contributed by atoms with E-state index in [4.69, 9.17) is 20.8 Å². The summed E-state index contributed by atoms with van der Waals surface area (Å²) in [5, 5.41) is 0.489. The number of nitrogens with zero attached hydrogens (tertiary/aromatic N) is 1. The lowest BCUT2D eigenvalue weighted by atomic mass is 9.98. The summed E-state index contributed by atoms with van der Waals surface area (Å²) in [7, 11) is 0. The molecule has 1 amide bonds. The van der Waals surface area contributed by atoms with Gasteiger partial charge in [-0.25, -0.2) is 0 Å². The lowest BCUT2D eigenvalue weighted by molar-refractivity contribution is -0.137. The van der Waals surface area contributed by atoms with Crippen molar-refractivity contribution in [3.63, 3.8) is 0 Å². The zero-order chi connectivity index (χ0) is 27.7. The van der Waals surface area contributed by atoms with E-state index in [0.717, 1.165) is 37.8 Å². The van der Waals surface area contributed by atoms with Gasteiger partial charge >= 0.3 is 6.18 Å². The van der Waals surface area contributed by atoms with E-state index >= 15 is 0 Å². The topological polar surface area (TPSA) is 59.8 Å². The van der Waals surface area contributed by atoms with Crippen LogP contribution in [0, 0.1) is 0 Å². The molecule has 1 aliphatic rings.